The zero-order chi connectivity index (χ0) is 19.3. The van der Waals surface area contributed by atoms with Crippen LogP contribution in [0.2, 0.25) is 0 Å². The highest BCUT2D eigenvalue weighted by atomic mass is 127. The number of aliphatic imine (C=N–C) groups is 1. The molecule has 7 nitrogen and oxygen atoms in total. The Hall–Kier alpha value is -1.68. The van der Waals surface area contributed by atoms with E-state index in [1.807, 2.05) is 0 Å². The number of guanidine groups is 1. The van der Waals surface area contributed by atoms with Crippen molar-refractivity contribution in [2.45, 2.75) is 52.3 Å². The topological polar surface area (TPSA) is 67.6 Å². The molecule has 1 fully saturated rings. The first-order valence-electron chi connectivity index (χ1n) is 10.4. The molecule has 0 aliphatic carbocycles. The minimum atomic E-state index is 0. The summed E-state index contributed by atoms with van der Waals surface area (Å²) in [6.07, 6.45) is 3.50. The van der Waals surface area contributed by atoms with E-state index in [1.165, 1.54) is 24.0 Å². The van der Waals surface area contributed by atoms with Gasteiger partial charge in [-0.25, -0.2) is 4.99 Å². The van der Waals surface area contributed by atoms with Gasteiger partial charge < -0.3 is 19.5 Å². The van der Waals surface area contributed by atoms with Gasteiger partial charge in [-0.1, -0.05) is 24.3 Å². The highest BCUT2D eigenvalue weighted by Crippen LogP contribution is 2.25. The normalized spacial score (nSPS) is 19.4. The van der Waals surface area contributed by atoms with Crippen molar-refractivity contribution >= 4 is 29.9 Å². The number of nitrogens with one attached hydrogen (secondary N) is 1. The first kappa shape index (κ1) is 22.0. The second-order valence-corrected chi connectivity index (χ2v) is 7.47. The maximum Gasteiger partial charge on any atom is 0.194 e. The van der Waals surface area contributed by atoms with Crippen molar-refractivity contribution in [1.82, 2.24) is 25.0 Å². The van der Waals surface area contributed by atoms with E-state index in [0.29, 0.717) is 13.2 Å². The minimum Gasteiger partial charge on any atom is -0.370 e. The van der Waals surface area contributed by atoms with E-state index < -0.39 is 0 Å². The van der Waals surface area contributed by atoms with Gasteiger partial charge in [0.25, 0.3) is 0 Å². The SMILES string of the molecule is CCNC(=NCc1nnc2n1CCCC2)N1CCOC(c2ccccc2C)C1.I. The van der Waals surface area contributed by atoms with Crippen LogP contribution in [0.5, 0.6) is 0 Å². The Labute approximate surface area is 190 Å². The molecule has 158 valence electrons. The van der Waals surface area contributed by atoms with E-state index >= 15 is 0 Å². The molecular formula is C21H31IN6O. The third-order valence-electron chi connectivity index (χ3n) is 5.54. The van der Waals surface area contributed by atoms with Crippen molar-refractivity contribution in [3.63, 3.8) is 0 Å². The van der Waals surface area contributed by atoms with Gasteiger partial charge >= 0.3 is 0 Å². The molecule has 0 radical (unpaired) electrons. The van der Waals surface area contributed by atoms with Gasteiger partial charge in [0.2, 0.25) is 0 Å². The zero-order valence-corrected chi connectivity index (χ0v) is 19.6. The molecule has 1 atom stereocenters. The fourth-order valence-electron chi connectivity index (χ4n) is 4.03. The molecule has 1 aromatic carbocycles. The summed E-state index contributed by atoms with van der Waals surface area (Å²) in [5.74, 6) is 3.00. The van der Waals surface area contributed by atoms with Crippen LogP contribution in [-0.4, -0.2) is 51.9 Å². The van der Waals surface area contributed by atoms with Gasteiger partial charge in [0.1, 0.15) is 18.5 Å². The van der Waals surface area contributed by atoms with E-state index in [-0.39, 0.29) is 30.1 Å². The second kappa shape index (κ2) is 10.4. The molecule has 2 aromatic rings. The average Bonchev–Trinajstić information content (AvgIpc) is 3.15. The summed E-state index contributed by atoms with van der Waals surface area (Å²) in [6.45, 7) is 8.99. The summed E-state index contributed by atoms with van der Waals surface area (Å²) < 4.78 is 8.32. The first-order chi connectivity index (χ1) is 13.8. The molecule has 1 unspecified atom stereocenters. The number of halogens is 1. The van der Waals surface area contributed by atoms with E-state index in [9.17, 15) is 0 Å². The summed E-state index contributed by atoms with van der Waals surface area (Å²) in [5.41, 5.74) is 2.53. The number of nitrogens with zero attached hydrogens (tertiary/aromatic N) is 5. The Kier molecular flexibility index (Phi) is 7.88. The molecule has 0 spiro atoms. The molecular weight excluding hydrogens is 479 g/mol. The first-order valence-corrected chi connectivity index (χ1v) is 10.4. The fraction of sp³-hybridized carbons (Fsp3) is 0.571. The van der Waals surface area contributed by atoms with Crippen LogP contribution in [0.1, 0.15) is 48.6 Å². The van der Waals surface area contributed by atoms with Crippen LogP contribution in [0.4, 0.5) is 0 Å². The summed E-state index contributed by atoms with van der Waals surface area (Å²) in [7, 11) is 0. The Bertz CT molecular complexity index is 836. The van der Waals surface area contributed by atoms with E-state index in [2.05, 4.69) is 63.1 Å². The third-order valence-corrected chi connectivity index (χ3v) is 5.54. The number of aryl methyl sites for hydroxylation is 2. The van der Waals surface area contributed by atoms with Crippen molar-refractivity contribution in [3.05, 3.63) is 47.0 Å². The molecule has 0 bridgehead atoms. The lowest BCUT2D eigenvalue weighted by Crippen LogP contribution is -2.48. The van der Waals surface area contributed by atoms with Crippen molar-refractivity contribution in [2.24, 2.45) is 4.99 Å². The molecule has 2 aliphatic heterocycles. The van der Waals surface area contributed by atoms with Crippen LogP contribution in [0.3, 0.4) is 0 Å². The van der Waals surface area contributed by atoms with Crippen molar-refractivity contribution in [2.75, 3.05) is 26.2 Å². The Balaban J connectivity index is 0.00000240. The van der Waals surface area contributed by atoms with Gasteiger partial charge in [-0.05, 0) is 37.8 Å². The van der Waals surface area contributed by atoms with Crippen molar-refractivity contribution in [1.29, 1.82) is 0 Å². The van der Waals surface area contributed by atoms with E-state index in [0.717, 1.165) is 50.2 Å². The monoisotopic (exact) mass is 510 g/mol. The highest BCUT2D eigenvalue weighted by Gasteiger charge is 2.25. The number of hydrogen-bond donors (Lipinski definition) is 1. The van der Waals surface area contributed by atoms with Crippen LogP contribution in [0, 0.1) is 6.92 Å². The van der Waals surface area contributed by atoms with Crippen LogP contribution in [0.25, 0.3) is 0 Å². The maximum atomic E-state index is 6.08. The largest absolute Gasteiger partial charge is 0.370 e. The zero-order valence-electron chi connectivity index (χ0n) is 17.3. The molecule has 0 amide bonds. The van der Waals surface area contributed by atoms with Gasteiger partial charge in [-0.3, -0.25) is 0 Å². The Morgan fingerprint density at radius 2 is 2.10 bits per heavy atom. The number of morpholine rings is 1. The molecule has 1 saturated heterocycles. The van der Waals surface area contributed by atoms with Gasteiger partial charge in [0.05, 0.1) is 13.2 Å². The van der Waals surface area contributed by atoms with Crippen LogP contribution < -0.4 is 5.32 Å². The molecule has 8 heteroatoms. The number of rotatable bonds is 4. The predicted octanol–water partition coefficient (Wildman–Crippen LogP) is 3.08. The summed E-state index contributed by atoms with van der Waals surface area (Å²) in [4.78, 5) is 7.19. The van der Waals surface area contributed by atoms with E-state index in [4.69, 9.17) is 9.73 Å². The lowest BCUT2D eigenvalue weighted by Gasteiger charge is -2.35. The third kappa shape index (κ3) is 5.09. The Morgan fingerprint density at radius 1 is 1.24 bits per heavy atom. The quantitative estimate of drug-likeness (QED) is 0.389. The molecule has 4 rings (SSSR count). The number of fused-ring (bicyclic) bond motifs is 1. The number of aromatic nitrogens is 3. The predicted molar refractivity (Wildman–Crippen MR) is 125 cm³/mol. The van der Waals surface area contributed by atoms with Crippen LogP contribution >= 0.6 is 24.0 Å². The summed E-state index contributed by atoms with van der Waals surface area (Å²) >= 11 is 0. The van der Waals surface area contributed by atoms with Gasteiger partial charge in [0, 0.05) is 26.1 Å². The smallest absolute Gasteiger partial charge is 0.194 e. The molecule has 3 heterocycles. The average molecular weight is 510 g/mol. The molecule has 1 N–H and O–H groups in total. The lowest BCUT2D eigenvalue weighted by atomic mass is 10.0. The molecule has 2 aliphatic rings. The van der Waals surface area contributed by atoms with Gasteiger partial charge in [0.15, 0.2) is 11.8 Å². The maximum absolute atomic E-state index is 6.08. The summed E-state index contributed by atoms with van der Waals surface area (Å²) in [5, 5.41) is 12.2. The summed E-state index contributed by atoms with van der Waals surface area (Å²) in [6, 6.07) is 8.46. The van der Waals surface area contributed by atoms with E-state index in [1.54, 1.807) is 0 Å². The van der Waals surface area contributed by atoms with Crippen LogP contribution in [-0.2, 0) is 24.2 Å². The van der Waals surface area contributed by atoms with Crippen LogP contribution in [0.15, 0.2) is 29.3 Å². The minimum absolute atomic E-state index is 0. The van der Waals surface area contributed by atoms with Gasteiger partial charge in [-0.15, -0.1) is 34.2 Å². The Morgan fingerprint density at radius 3 is 2.93 bits per heavy atom. The number of hydrogen-bond acceptors (Lipinski definition) is 4. The van der Waals surface area contributed by atoms with Crippen molar-refractivity contribution < 1.29 is 4.74 Å². The second-order valence-electron chi connectivity index (χ2n) is 7.47. The molecule has 29 heavy (non-hydrogen) atoms. The molecule has 0 saturated carbocycles. The lowest BCUT2D eigenvalue weighted by molar-refractivity contribution is -0.00834. The van der Waals surface area contributed by atoms with Crippen molar-refractivity contribution in [3.8, 4) is 0 Å². The molecule has 1 aromatic heterocycles. The van der Waals surface area contributed by atoms with Gasteiger partial charge in [-0.2, -0.15) is 0 Å². The number of benzene rings is 1. The standard InChI is InChI=1S/C21H30N6O.HI/c1-3-22-21(23-14-20-25-24-19-10-6-7-11-27(19)20)26-12-13-28-18(15-26)17-9-5-4-8-16(17)2;/h4-5,8-9,18H,3,6-7,10-15H2,1-2H3,(H,22,23);1H. The number of ether oxygens (including phenoxy) is 1. The highest BCUT2D eigenvalue weighted by molar-refractivity contribution is 14.0. The fourth-order valence-corrected chi connectivity index (χ4v) is 4.03.